The highest BCUT2D eigenvalue weighted by molar-refractivity contribution is 9.10. The number of thiophene rings is 1. The molecule has 2 aromatic heterocycles. The van der Waals surface area contributed by atoms with Gasteiger partial charge < -0.3 is 5.73 Å². The Morgan fingerprint density at radius 2 is 2.07 bits per heavy atom. The van der Waals surface area contributed by atoms with E-state index in [-0.39, 0.29) is 0 Å². The summed E-state index contributed by atoms with van der Waals surface area (Å²) in [6, 6.07) is 2.00. The first-order chi connectivity index (χ1) is 6.79. The van der Waals surface area contributed by atoms with Crippen molar-refractivity contribution in [3.63, 3.8) is 0 Å². The van der Waals surface area contributed by atoms with E-state index in [0.29, 0.717) is 6.54 Å². The van der Waals surface area contributed by atoms with Crippen molar-refractivity contribution in [2.45, 2.75) is 6.54 Å². The molecule has 2 rings (SSSR count). The third-order valence-corrected chi connectivity index (χ3v) is 3.42. The van der Waals surface area contributed by atoms with Crippen molar-refractivity contribution >= 4 is 27.3 Å². The van der Waals surface area contributed by atoms with E-state index in [0.717, 1.165) is 20.7 Å². The molecule has 0 aliphatic rings. The standard InChI is InChI=1S/C9H8BrN3S/c10-7-1-8(14-5-7)9-12-3-6(2-11)4-13-9/h1,3-5H,2,11H2. The van der Waals surface area contributed by atoms with Crippen molar-refractivity contribution in [1.82, 2.24) is 9.97 Å². The maximum atomic E-state index is 5.46. The van der Waals surface area contributed by atoms with Gasteiger partial charge in [-0.1, -0.05) is 0 Å². The van der Waals surface area contributed by atoms with E-state index in [2.05, 4.69) is 25.9 Å². The number of hydrogen-bond donors (Lipinski definition) is 1. The van der Waals surface area contributed by atoms with Crippen LogP contribution in [0.4, 0.5) is 0 Å². The first-order valence-electron chi connectivity index (χ1n) is 4.05. The molecule has 5 heteroatoms. The average molecular weight is 270 g/mol. The molecule has 2 heterocycles. The van der Waals surface area contributed by atoms with E-state index in [1.807, 2.05) is 11.4 Å². The van der Waals surface area contributed by atoms with Crippen LogP contribution in [0.3, 0.4) is 0 Å². The normalized spacial score (nSPS) is 10.4. The largest absolute Gasteiger partial charge is 0.326 e. The van der Waals surface area contributed by atoms with Crippen LogP contribution in [0, 0.1) is 0 Å². The molecule has 0 spiro atoms. The number of nitrogens with zero attached hydrogens (tertiary/aromatic N) is 2. The van der Waals surface area contributed by atoms with Gasteiger partial charge in [0.15, 0.2) is 5.82 Å². The van der Waals surface area contributed by atoms with E-state index in [4.69, 9.17) is 5.73 Å². The molecule has 0 aromatic carbocycles. The predicted octanol–water partition coefficient (Wildman–Crippen LogP) is 2.43. The summed E-state index contributed by atoms with van der Waals surface area (Å²) in [5, 5.41) is 2.01. The number of hydrogen-bond acceptors (Lipinski definition) is 4. The van der Waals surface area contributed by atoms with Gasteiger partial charge in [-0.05, 0) is 22.0 Å². The van der Waals surface area contributed by atoms with Crippen molar-refractivity contribution in [3.8, 4) is 10.7 Å². The van der Waals surface area contributed by atoms with Crippen molar-refractivity contribution in [2.24, 2.45) is 5.73 Å². The summed E-state index contributed by atoms with van der Waals surface area (Å²) < 4.78 is 1.06. The van der Waals surface area contributed by atoms with Crippen molar-refractivity contribution in [1.29, 1.82) is 0 Å². The second kappa shape index (κ2) is 4.16. The lowest BCUT2D eigenvalue weighted by Crippen LogP contribution is -1.98. The van der Waals surface area contributed by atoms with Crippen molar-refractivity contribution in [3.05, 3.63) is 33.9 Å². The summed E-state index contributed by atoms with van der Waals surface area (Å²) >= 11 is 5.01. The molecule has 0 aliphatic heterocycles. The van der Waals surface area contributed by atoms with E-state index >= 15 is 0 Å². The zero-order valence-electron chi connectivity index (χ0n) is 7.27. The van der Waals surface area contributed by atoms with Crippen molar-refractivity contribution < 1.29 is 0 Å². The fraction of sp³-hybridized carbons (Fsp3) is 0.111. The number of aromatic nitrogens is 2. The van der Waals surface area contributed by atoms with E-state index in [1.54, 1.807) is 23.7 Å². The molecule has 2 N–H and O–H groups in total. The highest BCUT2D eigenvalue weighted by Crippen LogP contribution is 2.26. The SMILES string of the molecule is NCc1cnc(-c2cc(Br)cs2)nc1. The quantitative estimate of drug-likeness (QED) is 0.911. The molecule has 0 bridgehead atoms. The smallest absolute Gasteiger partial charge is 0.169 e. The Labute approximate surface area is 94.1 Å². The zero-order valence-corrected chi connectivity index (χ0v) is 9.68. The summed E-state index contributed by atoms with van der Waals surface area (Å²) in [6.07, 6.45) is 3.52. The van der Waals surface area contributed by atoms with Crippen LogP contribution in [0.1, 0.15) is 5.56 Å². The molecule has 14 heavy (non-hydrogen) atoms. The second-order valence-electron chi connectivity index (χ2n) is 2.75. The van der Waals surface area contributed by atoms with Crippen LogP contribution in [0.2, 0.25) is 0 Å². The number of rotatable bonds is 2. The van der Waals surface area contributed by atoms with Gasteiger partial charge in [0.2, 0.25) is 0 Å². The second-order valence-corrected chi connectivity index (χ2v) is 4.58. The van der Waals surface area contributed by atoms with Gasteiger partial charge >= 0.3 is 0 Å². The highest BCUT2D eigenvalue weighted by Gasteiger charge is 2.03. The van der Waals surface area contributed by atoms with Gasteiger partial charge in [-0.3, -0.25) is 0 Å². The van der Waals surface area contributed by atoms with Crippen LogP contribution in [0.15, 0.2) is 28.3 Å². The minimum atomic E-state index is 0.481. The minimum absolute atomic E-state index is 0.481. The lowest BCUT2D eigenvalue weighted by Gasteiger charge is -1.97. The topological polar surface area (TPSA) is 51.8 Å². The monoisotopic (exact) mass is 269 g/mol. The Kier molecular flexibility index (Phi) is 2.90. The first-order valence-corrected chi connectivity index (χ1v) is 5.72. The molecule has 0 unspecified atom stereocenters. The third-order valence-electron chi connectivity index (χ3n) is 1.73. The van der Waals surface area contributed by atoms with Gasteiger partial charge in [0.25, 0.3) is 0 Å². The molecule has 0 aliphatic carbocycles. The summed E-state index contributed by atoms with van der Waals surface area (Å²) in [4.78, 5) is 9.52. The Morgan fingerprint density at radius 3 is 2.57 bits per heavy atom. The summed E-state index contributed by atoms with van der Waals surface area (Å²) in [5.41, 5.74) is 6.41. The van der Waals surface area contributed by atoms with Crippen LogP contribution < -0.4 is 5.73 Å². The van der Waals surface area contributed by atoms with Gasteiger partial charge in [0, 0.05) is 34.4 Å². The fourth-order valence-corrected chi connectivity index (χ4v) is 2.39. The summed E-state index contributed by atoms with van der Waals surface area (Å²) in [7, 11) is 0. The van der Waals surface area contributed by atoms with E-state index < -0.39 is 0 Å². The minimum Gasteiger partial charge on any atom is -0.326 e. The van der Waals surface area contributed by atoms with Gasteiger partial charge in [0.05, 0.1) is 4.88 Å². The third kappa shape index (κ3) is 2.00. The van der Waals surface area contributed by atoms with E-state index in [1.165, 1.54) is 0 Å². The fourth-order valence-electron chi connectivity index (χ4n) is 1.02. The maximum absolute atomic E-state index is 5.46. The van der Waals surface area contributed by atoms with Crippen LogP contribution in [-0.2, 0) is 6.54 Å². The van der Waals surface area contributed by atoms with E-state index in [9.17, 15) is 0 Å². The molecule has 3 nitrogen and oxygen atoms in total. The van der Waals surface area contributed by atoms with Gasteiger partial charge in [0.1, 0.15) is 0 Å². The van der Waals surface area contributed by atoms with Crippen LogP contribution in [-0.4, -0.2) is 9.97 Å². The Balaban J connectivity index is 2.33. The molecule has 0 saturated heterocycles. The summed E-state index contributed by atoms with van der Waals surface area (Å²) in [5.74, 6) is 0.748. The highest BCUT2D eigenvalue weighted by atomic mass is 79.9. The first kappa shape index (κ1) is 9.76. The predicted molar refractivity (Wildman–Crippen MR) is 60.9 cm³/mol. The van der Waals surface area contributed by atoms with Gasteiger partial charge in [-0.15, -0.1) is 11.3 Å². The molecular formula is C9H8BrN3S. The van der Waals surface area contributed by atoms with Crippen LogP contribution in [0.25, 0.3) is 10.7 Å². The number of halogens is 1. The Morgan fingerprint density at radius 1 is 1.36 bits per heavy atom. The van der Waals surface area contributed by atoms with Gasteiger partial charge in [-0.25, -0.2) is 9.97 Å². The Bertz CT molecular complexity index is 424. The Hall–Kier alpha value is -0.780. The van der Waals surface area contributed by atoms with Gasteiger partial charge in [-0.2, -0.15) is 0 Å². The average Bonchev–Trinajstić information content (AvgIpc) is 2.65. The molecule has 0 atom stereocenters. The molecule has 0 radical (unpaired) electrons. The summed E-state index contributed by atoms with van der Waals surface area (Å²) in [6.45, 7) is 0.481. The maximum Gasteiger partial charge on any atom is 0.169 e. The molecule has 0 amide bonds. The molecule has 2 aromatic rings. The lowest BCUT2D eigenvalue weighted by atomic mass is 10.3. The molecule has 0 saturated carbocycles. The van der Waals surface area contributed by atoms with Crippen molar-refractivity contribution in [2.75, 3.05) is 0 Å². The van der Waals surface area contributed by atoms with Crippen LogP contribution in [0.5, 0.6) is 0 Å². The molecular weight excluding hydrogens is 262 g/mol. The number of nitrogens with two attached hydrogens (primary N) is 1. The molecule has 72 valence electrons. The zero-order chi connectivity index (χ0) is 9.97. The molecule has 0 fully saturated rings. The van der Waals surface area contributed by atoms with Crippen LogP contribution >= 0.6 is 27.3 Å². The lowest BCUT2D eigenvalue weighted by molar-refractivity contribution is 1.01.